The second kappa shape index (κ2) is 18.4. The van der Waals surface area contributed by atoms with Crippen LogP contribution in [0.1, 0.15) is 94.9 Å². The molecule has 0 saturated carbocycles. The number of hydrogen-bond acceptors (Lipinski definition) is 11. The standard InChI is InChI=1S/C30H54N6O10/c1-17(34-25(41)18(31)11-13-21(32)37)24(40)33-15-22(38)35-19(12-14-23(39)45-29(5,6)7)26(42)36-20(16-44-28(2,3)4)27(43)46-30(8,9)10/h17-20H,11-16,31H2,1-10H3,(H2,32,37)(H,33,40)(H,34,41)(H,35,38)(H,36,42)/t17-,18-,19-,20-/m0/s1. The van der Waals surface area contributed by atoms with Crippen molar-refractivity contribution in [2.24, 2.45) is 11.5 Å². The lowest BCUT2D eigenvalue weighted by atomic mass is 10.1. The van der Waals surface area contributed by atoms with Crippen molar-refractivity contribution in [1.82, 2.24) is 21.3 Å². The number of carbonyl (C=O) groups excluding carboxylic acids is 7. The van der Waals surface area contributed by atoms with Crippen LogP contribution in [0, 0.1) is 0 Å². The first kappa shape index (κ1) is 42.2. The minimum absolute atomic E-state index is 0.0121. The third kappa shape index (κ3) is 20.3. The largest absolute Gasteiger partial charge is 0.460 e. The van der Waals surface area contributed by atoms with Crippen LogP contribution in [0.25, 0.3) is 0 Å². The summed E-state index contributed by atoms with van der Waals surface area (Å²) in [5, 5.41) is 9.72. The van der Waals surface area contributed by atoms with Gasteiger partial charge in [-0.2, -0.15) is 0 Å². The normalized spacial score (nSPS) is 14.5. The van der Waals surface area contributed by atoms with Gasteiger partial charge in [-0.25, -0.2) is 4.79 Å². The molecule has 0 unspecified atom stereocenters. The molecule has 0 aromatic carbocycles. The maximum atomic E-state index is 13.4. The van der Waals surface area contributed by atoms with Crippen molar-refractivity contribution < 1.29 is 47.8 Å². The maximum Gasteiger partial charge on any atom is 0.331 e. The average Bonchev–Trinajstić information content (AvgIpc) is 2.87. The van der Waals surface area contributed by atoms with E-state index in [4.69, 9.17) is 25.7 Å². The smallest absolute Gasteiger partial charge is 0.331 e. The molecule has 0 aliphatic rings. The highest BCUT2D eigenvalue weighted by Gasteiger charge is 2.32. The summed E-state index contributed by atoms with van der Waals surface area (Å²) in [4.78, 5) is 87.1. The van der Waals surface area contributed by atoms with Gasteiger partial charge in [0.2, 0.25) is 29.5 Å². The zero-order valence-corrected chi connectivity index (χ0v) is 28.8. The van der Waals surface area contributed by atoms with Crippen LogP contribution in [0.4, 0.5) is 0 Å². The molecule has 0 aromatic heterocycles. The van der Waals surface area contributed by atoms with E-state index in [1.807, 2.05) is 0 Å². The Kier molecular flexibility index (Phi) is 16.9. The van der Waals surface area contributed by atoms with Crippen molar-refractivity contribution in [3.05, 3.63) is 0 Å². The first-order valence-electron chi connectivity index (χ1n) is 15.1. The Labute approximate surface area is 271 Å². The van der Waals surface area contributed by atoms with E-state index in [0.717, 1.165) is 0 Å². The molecule has 8 N–H and O–H groups in total. The number of rotatable bonds is 17. The molecule has 0 fully saturated rings. The number of esters is 2. The quantitative estimate of drug-likeness (QED) is 0.108. The molecule has 0 bridgehead atoms. The fourth-order valence-electron chi connectivity index (χ4n) is 3.45. The van der Waals surface area contributed by atoms with Crippen molar-refractivity contribution in [1.29, 1.82) is 0 Å². The van der Waals surface area contributed by atoms with E-state index in [9.17, 15) is 33.6 Å². The molecule has 0 spiro atoms. The number of carbonyl (C=O) groups is 7. The molecular weight excluding hydrogens is 604 g/mol. The zero-order chi connectivity index (χ0) is 36.0. The molecule has 5 amide bonds. The van der Waals surface area contributed by atoms with E-state index in [1.165, 1.54) is 6.92 Å². The van der Waals surface area contributed by atoms with E-state index in [-0.39, 0.29) is 32.3 Å². The van der Waals surface area contributed by atoms with Gasteiger partial charge >= 0.3 is 11.9 Å². The molecule has 4 atom stereocenters. The van der Waals surface area contributed by atoms with Crippen LogP contribution < -0.4 is 32.7 Å². The van der Waals surface area contributed by atoms with Crippen molar-refractivity contribution in [2.75, 3.05) is 13.2 Å². The molecule has 0 aliphatic heterocycles. The summed E-state index contributed by atoms with van der Waals surface area (Å²) >= 11 is 0. The molecule has 264 valence electrons. The molecule has 16 nitrogen and oxygen atoms in total. The van der Waals surface area contributed by atoms with Crippen LogP contribution in [0.2, 0.25) is 0 Å². The Hall–Kier alpha value is -3.79. The lowest BCUT2D eigenvalue weighted by molar-refractivity contribution is -0.162. The first-order valence-corrected chi connectivity index (χ1v) is 15.1. The summed E-state index contributed by atoms with van der Waals surface area (Å²) < 4.78 is 16.4. The van der Waals surface area contributed by atoms with E-state index < -0.39 is 89.0 Å². The highest BCUT2D eigenvalue weighted by Crippen LogP contribution is 2.13. The lowest BCUT2D eigenvalue weighted by Crippen LogP contribution is -2.56. The number of nitrogens with two attached hydrogens (primary N) is 2. The predicted octanol–water partition coefficient (Wildman–Crippen LogP) is -0.552. The average molecular weight is 659 g/mol. The number of nitrogens with one attached hydrogen (secondary N) is 4. The monoisotopic (exact) mass is 658 g/mol. The van der Waals surface area contributed by atoms with Gasteiger partial charge in [0.25, 0.3) is 0 Å². The van der Waals surface area contributed by atoms with Crippen molar-refractivity contribution in [3.63, 3.8) is 0 Å². The topological polar surface area (TPSA) is 247 Å². The van der Waals surface area contributed by atoms with Gasteiger partial charge < -0.3 is 46.9 Å². The molecule has 0 rings (SSSR count). The summed E-state index contributed by atoms with van der Waals surface area (Å²) in [6.07, 6.45) is -0.574. The summed E-state index contributed by atoms with van der Waals surface area (Å²) in [5.74, 6) is -5.04. The molecule has 0 aromatic rings. The van der Waals surface area contributed by atoms with Gasteiger partial charge in [-0.3, -0.25) is 28.8 Å². The van der Waals surface area contributed by atoms with Gasteiger partial charge in [0, 0.05) is 12.8 Å². The van der Waals surface area contributed by atoms with Crippen LogP contribution in [0.3, 0.4) is 0 Å². The Morgan fingerprint density at radius 2 is 1.24 bits per heavy atom. The fourth-order valence-corrected chi connectivity index (χ4v) is 3.45. The second-order valence-corrected chi connectivity index (χ2v) is 13.8. The predicted molar refractivity (Wildman–Crippen MR) is 168 cm³/mol. The Bertz CT molecular complexity index is 1090. The second-order valence-electron chi connectivity index (χ2n) is 13.8. The Morgan fingerprint density at radius 1 is 0.674 bits per heavy atom. The van der Waals surface area contributed by atoms with Gasteiger partial charge in [0.15, 0.2) is 6.04 Å². The van der Waals surface area contributed by atoms with E-state index in [1.54, 1.807) is 62.3 Å². The molecule has 0 saturated heterocycles. The number of ether oxygens (including phenoxy) is 3. The molecule has 0 aliphatic carbocycles. The van der Waals surface area contributed by atoms with Crippen LogP contribution in [-0.2, 0) is 47.8 Å². The van der Waals surface area contributed by atoms with Crippen molar-refractivity contribution >= 4 is 41.5 Å². The van der Waals surface area contributed by atoms with Crippen LogP contribution in [0.15, 0.2) is 0 Å². The molecule has 16 heteroatoms. The number of amides is 5. The molecule has 46 heavy (non-hydrogen) atoms. The Morgan fingerprint density at radius 3 is 1.74 bits per heavy atom. The fraction of sp³-hybridized carbons (Fsp3) is 0.767. The van der Waals surface area contributed by atoms with Gasteiger partial charge in [-0.05, 0) is 82.1 Å². The summed E-state index contributed by atoms with van der Waals surface area (Å²) in [5.41, 5.74) is 8.45. The summed E-state index contributed by atoms with van der Waals surface area (Å²) in [6.45, 7) is 15.9. The lowest BCUT2D eigenvalue weighted by Gasteiger charge is -2.28. The SMILES string of the molecule is C[C@H](NC(=O)[C@@H](N)CCC(N)=O)C(=O)NCC(=O)N[C@@H](CCC(=O)OC(C)(C)C)C(=O)N[C@@H](COC(C)(C)C)C(=O)OC(C)(C)C. The summed E-state index contributed by atoms with van der Waals surface area (Å²) in [6, 6.07) is -4.74. The Balaban J connectivity index is 5.62. The van der Waals surface area contributed by atoms with Crippen LogP contribution in [-0.4, -0.2) is 95.6 Å². The van der Waals surface area contributed by atoms with Gasteiger partial charge in [-0.15, -0.1) is 0 Å². The van der Waals surface area contributed by atoms with E-state index >= 15 is 0 Å². The maximum absolute atomic E-state index is 13.4. The van der Waals surface area contributed by atoms with E-state index in [2.05, 4.69) is 21.3 Å². The third-order valence-electron chi connectivity index (χ3n) is 5.61. The third-order valence-corrected chi connectivity index (χ3v) is 5.61. The van der Waals surface area contributed by atoms with Gasteiger partial charge in [0.05, 0.1) is 24.8 Å². The zero-order valence-electron chi connectivity index (χ0n) is 28.8. The molecular formula is C30H54N6O10. The highest BCUT2D eigenvalue weighted by molar-refractivity contribution is 5.94. The van der Waals surface area contributed by atoms with Crippen molar-refractivity contribution in [3.8, 4) is 0 Å². The van der Waals surface area contributed by atoms with E-state index in [0.29, 0.717) is 0 Å². The van der Waals surface area contributed by atoms with Crippen molar-refractivity contribution in [2.45, 2.75) is 136 Å². The van der Waals surface area contributed by atoms with Gasteiger partial charge in [0.1, 0.15) is 23.3 Å². The number of hydrogen-bond donors (Lipinski definition) is 6. The first-order chi connectivity index (χ1) is 20.8. The minimum Gasteiger partial charge on any atom is -0.460 e. The van der Waals surface area contributed by atoms with Crippen LogP contribution in [0.5, 0.6) is 0 Å². The highest BCUT2D eigenvalue weighted by atomic mass is 16.6. The number of primary amides is 1. The minimum atomic E-state index is -1.32. The van der Waals surface area contributed by atoms with Gasteiger partial charge in [-0.1, -0.05) is 0 Å². The molecule has 0 heterocycles. The summed E-state index contributed by atoms with van der Waals surface area (Å²) in [7, 11) is 0. The van der Waals surface area contributed by atoms with Crippen LogP contribution >= 0.6 is 0 Å². The molecule has 0 radical (unpaired) electrons.